The molecule has 4 aliphatic carbocycles. The molecule has 0 spiro atoms. The second-order valence-electron chi connectivity index (χ2n) is 29.1. The predicted octanol–water partition coefficient (Wildman–Crippen LogP) is 9.67. The number of ether oxygens (including phenoxy) is 3. The van der Waals surface area contributed by atoms with Crippen molar-refractivity contribution < 1.29 is 52.9 Å². The number of carbonyl (C=O) groups excluding carboxylic acids is 6. The number of nitrogens with two attached hydrogens (primary N) is 1. The van der Waals surface area contributed by atoms with Gasteiger partial charge in [-0.25, -0.2) is 19.6 Å². The average Bonchev–Trinajstić information content (AvgIpc) is 0.866. The molecule has 4 saturated carbocycles. The maximum Gasteiger partial charge on any atom is 0.355 e. The molecule has 6 aromatic rings. The minimum absolute atomic E-state index is 0.0112. The van der Waals surface area contributed by atoms with Crippen LogP contribution in [-0.2, 0) is 53.0 Å². The molecule has 26 nitrogen and oxygen atoms in total. The Hall–Kier alpha value is -8.92. The first-order valence-electron chi connectivity index (χ1n) is 35.0. The summed E-state index contributed by atoms with van der Waals surface area (Å²) in [6, 6.07) is 14.5. The SMILES string of the molecule is CCCCCN(CCOC12CC3(Cn4ncc(-c5ccc(N6CCCc7c6nnc(Nc6nc8cc(OC)ccc8s6)c7C)nc5C(=O)O)c4C)C[C@@](C)(C1)C[C@](C)(C3)C2)Cc1ccc(NC(=O)[C@H](CCCNC(N)=O)NC(=O)[C@@H](NC(=O)CCOCCN2C(=O)C=CC2=O)C(C)C)cc1. The zero-order chi connectivity index (χ0) is 71.1. The van der Waals surface area contributed by atoms with Crippen LogP contribution >= 0.6 is 11.3 Å². The number of carbonyl (C=O) groups is 7. The first kappa shape index (κ1) is 72.3. The van der Waals surface area contributed by atoms with Crippen LogP contribution in [0.15, 0.2) is 72.9 Å². The van der Waals surface area contributed by atoms with Crippen LogP contribution in [0.2, 0.25) is 0 Å². The highest BCUT2D eigenvalue weighted by atomic mass is 32.1. The molecule has 100 heavy (non-hydrogen) atoms. The van der Waals surface area contributed by atoms with Gasteiger partial charge in [0.2, 0.25) is 17.7 Å². The Morgan fingerprint density at radius 3 is 2.31 bits per heavy atom. The smallest absolute Gasteiger partial charge is 0.355 e. The Labute approximate surface area is 587 Å². The second kappa shape index (κ2) is 30.9. The number of nitrogens with one attached hydrogen (secondary N) is 5. The fourth-order valence-electron chi connectivity index (χ4n) is 16.8. The number of rotatable bonds is 34. The molecule has 2 unspecified atom stereocenters. The number of pyridine rings is 1. The van der Waals surface area contributed by atoms with Crippen LogP contribution in [0.3, 0.4) is 0 Å². The summed E-state index contributed by atoms with van der Waals surface area (Å²) in [7, 11) is 1.63. The minimum Gasteiger partial charge on any atom is -0.497 e. The maximum atomic E-state index is 14.0. The number of benzene rings is 2. The fraction of sp³-hybridized carbons (Fsp3) is 0.534. The number of imide groups is 1. The number of urea groups is 1. The Balaban J connectivity index is 0.714. The molecule has 4 fully saturated rings. The van der Waals surface area contributed by atoms with Crippen molar-refractivity contribution in [1.29, 1.82) is 0 Å². The molecule has 0 saturated heterocycles. The number of hydrogen-bond donors (Lipinski definition) is 7. The number of hydrogen-bond acceptors (Lipinski definition) is 19. The van der Waals surface area contributed by atoms with Crippen LogP contribution in [0.25, 0.3) is 21.3 Å². The summed E-state index contributed by atoms with van der Waals surface area (Å²) >= 11 is 1.52. The molecular weight excluding hydrogens is 1290 g/mol. The standard InChI is InChI=1S/C73H95N15O11S/c1-9-10-11-28-85(37-48-16-18-49(19-17-48)77-65(92)54(15-12-27-75-68(74)96)78-66(93)61(45(2)3)81-58(89)26-32-98-33-31-87-59(90)24-25-60(87)91)30-34-99-73-41-70(6)38-71(7,42-73)40-72(39-70,43-73)44-88-47(5)53(36-76-88)52-21-23-57(80-62(52)67(94)95)86-29-13-14-51-46(4)63(83-84-64(51)86)82-69-79-55-35-50(97-8)20-22-56(55)100-69/h16-25,35-36,45,54,61H,9-15,26-34,37-44H2,1-8H3,(H,77,92)(H,78,93)(H,81,89)(H,94,95)(H3,74,75,96)(H,79,82,83)/t54-,61-,70-,71+,72?,73?/m0/s1. The van der Waals surface area contributed by atoms with Crippen molar-refractivity contribution in [3.63, 3.8) is 0 Å². The van der Waals surface area contributed by atoms with Crippen LogP contribution in [0.4, 0.5) is 33.1 Å². The van der Waals surface area contributed by atoms with E-state index in [0.29, 0.717) is 66.5 Å². The van der Waals surface area contributed by atoms with Gasteiger partial charge in [0.25, 0.3) is 11.8 Å². The number of carboxylic acid groups (broad SMARTS) is 1. The Kier molecular flexibility index (Phi) is 22.4. The molecule has 2 aliphatic heterocycles. The third-order valence-electron chi connectivity index (χ3n) is 20.3. The van der Waals surface area contributed by atoms with Crippen molar-refractivity contribution >= 4 is 91.4 Å². The van der Waals surface area contributed by atoms with E-state index < -0.39 is 53.6 Å². The van der Waals surface area contributed by atoms with Gasteiger partial charge in [-0.2, -0.15) is 5.10 Å². The van der Waals surface area contributed by atoms with Gasteiger partial charge >= 0.3 is 12.0 Å². The van der Waals surface area contributed by atoms with E-state index in [1.54, 1.807) is 27.2 Å². The van der Waals surface area contributed by atoms with Gasteiger partial charge in [-0.15, -0.1) is 10.2 Å². The summed E-state index contributed by atoms with van der Waals surface area (Å²) in [5.74, 6) is -1.34. The van der Waals surface area contributed by atoms with E-state index in [4.69, 9.17) is 40.1 Å². The number of carboxylic acids is 1. The van der Waals surface area contributed by atoms with Gasteiger partial charge in [0.15, 0.2) is 22.5 Å². The lowest BCUT2D eigenvalue weighted by Gasteiger charge is -2.69. The molecule has 8 N–H and O–H groups in total. The first-order valence-corrected chi connectivity index (χ1v) is 35.8. The number of primary amides is 1. The minimum atomic E-state index is -1.13. The molecule has 4 aromatic heterocycles. The van der Waals surface area contributed by atoms with E-state index in [1.807, 2.05) is 73.3 Å². The molecule has 6 heterocycles. The summed E-state index contributed by atoms with van der Waals surface area (Å²) in [5, 5.41) is 40.4. The topological polar surface area (TPSA) is 333 Å². The number of aromatic carboxylic acids is 1. The largest absolute Gasteiger partial charge is 0.497 e. The van der Waals surface area contributed by atoms with Crippen molar-refractivity contribution in [1.82, 2.24) is 55.7 Å². The molecule has 12 rings (SSSR count). The summed E-state index contributed by atoms with van der Waals surface area (Å²) in [6.45, 7) is 19.1. The van der Waals surface area contributed by atoms with Crippen LogP contribution in [0.5, 0.6) is 5.75 Å². The van der Waals surface area contributed by atoms with Gasteiger partial charge in [-0.1, -0.05) is 70.9 Å². The first-order chi connectivity index (χ1) is 47.8. The predicted molar refractivity (Wildman–Crippen MR) is 380 cm³/mol. The van der Waals surface area contributed by atoms with Crippen LogP contribution < -0.4 is 42.0 Å². The highest BCUT2D eigenvalue weighted by Gasteiger charge is 2.66. The number of unbranched alkanes of at least 4 members (excludes halogenated alkanes) is 2. The van der Waals surface area contributed by atoms with Crippen molar-refractivity contribution in [2.24, 2.45) is 27.9 Å². The maximum absolute atomic E-state index is 14.0. The average molecular weight is 1390 g/mol. The lowest BCUT2D eigenvalue weighted by atomic mass is 9.39. The van der Waals surface area contributed by atoms with Gasteiger partial charge in [-0.3, -0.25) is 38.5 Å². The number of methoxy groups -OCH3 is 1. The van der Waals surface area contributed by atoms with Crippen molar-refractivity contribution in [2.75, 3.05) is 75.2 Å². The van der Waals surface area contributed by atoms with E-state index in [0.717, 1.165) is 133 Å². The Morgan fingerprint density at radius 2 is 1.60 bits per heavy atom. The van der Waals surface area contributed by atoms with E-state index in [1.165, 1.54) is 23.5 Å². The molecule has 0 radical (unpaired) electrons. The highest BCUT2D eigenvalue weighted by molar-refractivity contribution is 7.22. The molecule has 6 atom stereocenters. The van der Waals surface area contributed by atoms with E-state index in [2.05, 4.69) is 62.0 Å². The van der Waals surface area contributed by atoms with Gasteiger partial charge in [0.05, 0.1) is 55.5 Å². The summed E-state index contributed by atoms with van der Waals surface area (Å²) < 4.78 is 21.3. The molecule has 534 valence electrons. The number of aromatic nitrogens is 6. The van der Waals surface area contributed by atoms with Crippen molar-refractivity contribution in [3.05, 3.63) is 101 Å². The fourth-order valence-corrected chi connectivity index (χ4v) is 17.6. The highest BCUT2D eigenvalue weighted by Crippen LogP contribution is 2.72. The van der Waals surface area contributed by atoms with Crippen LogP contribution in [0.1, 0.15) is 151 Å². The summed E-state index contributed by atoms with van der Waals surface area (Å²) in [5.41, 5.74) is 11.5. The number of anilines is 5. The molecule has 7 amide bonds. The number of fused-ring (bicyclic) bond motifs is 2. The van der Waals surface area contributed by atoms with Gasteiger partial charge < -0.3 is 56.5 Å². The summed E-state index contributed by atoms with van der Waals surface area (Å²) in [6.07, 6.45) is 15.5. The van der Waals surface area contributed by atoms with Crippen LogP contribution in [0, 0.1) is 36.0 Å². The number of nitrogens with zero attached hydrogens (tertiary/aromatic N) is 9. The zero-order valence-electron chi connectivity index (χ0n) is 58.7. The van der Waals surface area contributed by atoms with Crippen LogP contribution in [-0.4, -0.2) is 164 Å². The number of amides is 7. The quantitative estimate of drug-likeness (QED) is 0.0146. The van der Waals surface area contributed by atoms with Crippen molar-refractivity contribution in [2.45, 2.75) is 169 Å². The molecule has 2 aromatic carbocycles. The lowest BCUT2D eigenvalue weighted by Crippen LogP contribution is -2.64. The Bertz CT molecular complexity index is 4020. The third kappa shape index (κ3) is 16.9. The van der Waals surface area contributed by atoms with Crippen molar-refractivity contribution in [3.8, 4) is 16.9 Å². The molecular formula is C73H95N15O11S. The van der Waals surface area contributed by atoms with Gasteiger partial charge in [-0.05, 0) is 155 Å². The number of thiazole rings is 1. The monoisotopic (exact) mass is 1390 g/mol. The third-order valence-corrected chi connectivity index (χ3v) is 21.3. The van der Waals surface area contributed by atoms with E-state index in [-0.39, 0.29) is 72.6 Å². The molecule has 4 bridgehead atoms. The lowest BCUT2D eigenvalue weighted by molar-refractivity contribution is -0.249. The molecule has 6 aliphatic rings. The van der Waals surface area contributed by atoms with Gasteiger partial charge in [0, 0.05) is 91.0 Å². The summed E-state index contributed by atoms with van der Waals surface area (Å²) in [4.78, 5) is 104. The second-order valence-corrected chi connectivity index (χ2v) is 30.1. The zero-order valence-corrected chi connectivity index (χ0v) is 59.5. The van der Waals surface area contributed by atoms with E-state index >= 15 is 0 Å². The molecule has 27 heteroatoms. The van der Waals surface area contributed by atoms with E-state index in [9.17, 15) is 38.7 Å². The normalized spacial score (nSPS) is 21.2. The van der Waals surface area contributed by atoms with Gasteiger partial charge in [0.1, 0.15) is 23.7 Å². The Morgan fingerprint density at radius 1 is 0.840 bits per heavy atom.